The van der Waals surface area contributed by atoms with Crippen LogP contribution in [0.1, 0.15) is 152 Å². The molecule has 1 unspecified atom stereocenters. The molecule has 1 aliphatic heterocycles. The number of fused-ring (bicyclic) bond motifs is 1. The van der Waals surface area contributed by atoms with Crippen LogP contribution in [0.15, 0.2) is 36.7 Å². The summed E-state index contributed by atoms with van der Waals surface area (Å²) in [7, 11) is -4.52. The van der Waals surface area contributed by atoms with Crippen molar-refractivity contribution in [3.8, 4) is 6.07 Å². The maximum absolute atomic E-state index is 14.0. The van der Waals surface area contributed by atoms with Crippen molar-refractivity contribution in [2.45, 2.75) is 154 Å². The standard InChI is InChI=1S/C41H63FN5O7P/c1-3-4-5-6-7-8-9-10-11-12-13-14-15-16-17-18-23-50-29-36(51-28-34-24-33(27-43)25-35(42)26-34)30-52-55(48,49)53-31-41(2)22-21-39(54-41)37-19-20-38-40(44)45-32-46-47(37)38/h19-20,24-26,32,36,39H,3-18,21-23,28-31H2,1-2H3,(H,48,49)(H2,44,45,46)/t36-,39+,41-/m0/s1. The Morgan fingerprint density at radius 1 is 1.00 bits per heavy atom. The van der Waals surface area contributed by atoms with Crippen LogP contribution < -0.4 is 5.73 Å². The molecule has 0 radical (unpaired) electrons. The van der Waals surface area contributed by atoms with E-state index in [0.29, 0.717) is 36.3 Å². The molecule has 0 amide bonds. The Morgan fingerprint density at radius 2 is 1.65 bits per heavy atom. The molecule has 12 nitrogen and oxygen atoms in total. The Morgan fingerprint density at radius 3 is 2.31 bits per heavy atom. The highest BCUT2D eigenvalue weighted by molar-refractivity contribution is 7.47. The zero-order valence-corrected chi connectivity index (χ0v) is 33.9. The van der Waals surface area contributed by atoms with Crippen molar-refractivity contribution < 1.29 is 37.1 Å². The second-order valence-electron chi connectivity index (χ2n) is 15.1. The number of nitriles is 1. The van der Waals surface area contributed by atoms with Gasteiger partial charge >= 0.3 is 7.82 Å². The molecule has 1 saturated heterocycles. The van der Waals surface area contributed by atoms with E-state index in [0.717, 1.165) is 31.0 Å². The molecular formula is C41H63FN5O7P. The van der Waals surface area contributed by atoms with Gasteiger partial charge in [0.2, 0.25) is 0 Å². The highest BCUT2D eigenvalue weighted by Crippen LogP contribution is 2.47. The Bertz CT molecular complexity index is 1650. The van der Waals surface area contributed by atoms with Crippen molar-refractivity contribution in [2.75, 3.05) is 32.2 Å². The summed E-state index contributed by atoms with van der Waals surface area (Å²) < 4.78 is 57.7. The molecule has 0 bridgehead atoms. The Hall–Kier alpha value is -2.95. The minimum absolute atomic E-state index is 0.0439. The lowest BCUT2D eigenvalue weighted by atomic mass is 10.0. The van der Waals surface area contributed by atoms with Crippen molar-refractivity contribution in [1.82, 2.24) is 14.6 Å². The number of nitrogens with two attached hydrogens (primary N) is 1. The molecule has 4 atom stereocenters. The summed E-state index contributed by atoms with van der Waals surface area (Å²) in [5, 5.41) is 13.5. The van der Waals surface area contributed by atoms with E-state index in [1.165, 1.54) is 102 Å². The average molecular weight is 788 g/mol. The van der Waals surface area contributed by atoms with Crippen molar-refractivity contribution >= 4 is 19.2 Å². The fourth-order valence-corrected chi connectivity index (χ4v) is 7.85. The van der Waals surface area contributed by atoms with E-state index in [2.05, 4.69) is 17.0 Å². The lowest BCUT2D eigenvalue weighted by Crippen LogP contribution is -2.30. The van der Waals surface area contributed by atoms with Gasteiger partial charge in [0, 0.05) is 6.61 Å². The van der Waals surface area contributed by atoms with Gasteiger partial charge in [0.05, 0.1) is 49.4 Å². The van der Waals surface area contributed by atoms with Gasteiger partial charge in [0.25, 0.3) is 0 Å². The molecule has 4 rings (SSSR count). The average Bonchev–Trinajstić information content (AvgIpc) is 3.79. The van der Waals surface area contributed by atoms with Crippen molar-refractivity contribution in [3.05, 3.63) is 59.3 Å². The number of hydrogen-bond donors (Lipinski definition) is 2. The smallest absolute Gasteiger partial charge is 0.382 e. The summed E-state index contributed by atoms with van der Waals surface area (Å²) >= 11 is 0. The van der Waals surface area contributed by atoms with Gasteiger partial charge in [-0.25, -0.2) is 18.5 Å². The Labute approximate surface area is 326 Å². The van der Waals surface area contributed by atoms with E-state index < -0.39 is 25.3 Å². The predicted octanol–water partition coefficient (Wildman–Crippen LogP) is 9.93. The van der Waals surface area contributed by atoms with E-state index >= 15 is 0 Å². The van der Waals surface area contributed by atoms with E-state index in [-0.39, 0.29) is 38.1 Å². The Kier molecular flexibility index (Phi) is 19.5. The van der Waals surface area contributed by atoms with Gasteiger partial charge < -0.3 is 24.8 Å². The van der Waals surface area contributed by atoms with E-state index in [9.17, 15) is 19.1 Å². The molecule has 0 aliphatic carbocycles. The SMILES string of the molecule is CCCCCCCCCCCCCCCCCCOC[C@@H](COP(=O)(O)OC[C@]1(C)CC[C@H](c2ccc3c(N)ncnn23)O1)OCc1cc(F)cc(C#N)c1. The van der Waals surface area contributed by atoms with Crippen molar-refractivity contribution in [1.29, 1.82) is 5.26 Å². The highest BCUT2D eigenvalue weighted by atomic mass is 31.2. The maximum atomic E-state index is 14.0. The van der Waals surface area contributed by atoms with E-state index in [1.54, 1.807) is 4.52 Å². The minimum Gasteiger partial charge on any atom is -0.382 e. The van der Waals surface area contributed by atoms with Crippen LogP contribution in [0.25, 0.3) is 5.52 Å². The lowest BCUT2D eigenvalue weighted by molar-refractivity contribution is -0.0710. The first-order valence-electron chi connectivity index (χ1n) is 20.4. The van der Waals surface area contributed by atoms with Gasteiger partial charge in [0.15, 0.2) is 5.82 Å². The first kappa shape index (κ1) is 44.8. The van der Waals surface area contributed by atoms with Crippen LogP contribution >= 0.6 is 7.82 Å². The summed E-state index contributed by atoms with van der Waals surface area (Å²) in [6.45, 7) is 4.16. The van der Waals surface area contributed by atoms with Gasteiger partial charge in [-0.15, -0.1) is 0 Å². The lowest BCUT2D eigenvalue weighted by Gasteiger charge is -2.26. The number of nitrogen functional groups attached to an aromatic ring is 1. The normalized spacial score (nSPS) is 18.8. The first-order chi connectivity index (χ1) is 26.6. The fraction of sp³-hybridized carbons (Fsp3) is 0.683. The second kappa shape index (κ2) is 24.0. The van der Waals surface area contributed by atoms with Crippen LogP contribution in [0.3, 0.4) is 0 Å². The number of phosphoric ester groups is 1. The molecule has 3 heterocycles. The highest BCUT2D eigenvalue weighted by Gasteiger charge is 2.40. The molecule has 2 aromatic heterocycles. The van der Waals surface area contributed by atoms with Gasteiger partial charge in [-0.1, -0.05) is 103 Å². The summed E-state index contributed by atoms with van der Waals surface area (Å²) in [5.41, 5.74) is 7.23. The van der Waals surface area contributed by atoms with Crippen LogP contribution in [-0.4, -0.2) is 57.6 Å². The quantitative estimate of drug-likeness (QED) is 0.0508. The van der Waals surface area contributed by atoms with Gasteiger partial charge in [-0.3, -0.25) is 9.05 Å². The molecular weight excluding hydrogens is 724 g/mol. The minimum atomic E-state index is -4.52. The van der Waals surface area contributed by atoms with Gasteiger partial charge in [-0.05, 0) is 62.1 Å². The van der Waals surface area contributed by atoms with Crippen molar-refractivity contribution in [2.24, 2.45) is 0 Å². The molecule has 0 spiro atoms. The fourth-order valence-electron chi connectivity index (χ4n) is 6.99. The zero-order valence-electron chi connectivity index (χ0n) is 33.0. The number of benzene rings is 1. The van der Waals surface area contributed by atoms with Crippen LogP contribution in [0.2, 0.25) is 0 Å². The molecule has 0 saturated carbocycles. The predicted molar refractivity (Wildman–Crippen MR) is 211 cm³/mol. The topological polar surface area (TPSA) is 163 Å². The summed E-state index contributed by atoms with van der Waals surface area (Å²) in [6, 6.07) is 9.61. The van der Waals surface area contributed by atoms with Gasteiger partial charge in [-0.2, -0.15) is 10.4 Å². The second-order valence-corrected chi connectivity index (χ2v) is 16.6. The van der Waals surface area contributed by atoms with Crippen LogP contribution in [0.4, 0.5) is 10.2 Å². The number of rotatable bonds is 29. The number of phosphoric acid groups is 1. The summed E-state index contributed by atoms with van der Waals surface area (Å²) in [6.07, 6.45) is 22.1. The maximum Gasteiger partial charge on any atom is 0.472 e. The molecule has 1 aromatic carbocycles. The van der Waals surface area contributed by atoms with Crippen LogP contribution in [0.5, 0.6) is 0 Å². The largest absolute Gasteiger partial charge is 0.472 e. The van der Waals surface area contributed by atoms with Gasteiger partial charge in [0.1, 0.15) is 29.9 Å². The molecule has 14 heteroatoms. The number of ether oxygens (including phenoxy) is 3. The van der Waals surface area contributed by atoms with Crippen molar-refractivity contribution in [3.63, 3.8) is 0 Å². The summed E-state index contributed by atoms with van der Waals surface area (Å²) in [5.74, 6) is -0.189. The number of unbranched alkanes of at least 4 members (excludes halogenated alkanes) is 15. The molecule has 1 aliphatic rings. The zero-order chi connectivity index (χ0) is 39.4. The van der Waals surface area contributed by atoms with Crippen LogP contribution in [0, 0.1) is 17.1 Å². The number of aromatic nitrogens is 3. The number of hydrogen-bond acceptors (Lipinski definition) is 10. The number of nitrogens with zero attached hydrogens (tertiary/aromatic N) is 4. The number of anilines is 1. The van der Waals surface area contributed by atoms with Crippen LogP contribution in [-0.2, 0) is 34.4 Å². The molecule has 3 N–H and O–H groups in total. The molecule has 3 aromatic rings. The number of halogens is 1. The molecule has 55 heavy (non-hydrogen) atoms. The summed E-state index contributed by atoms with van der Waals surface area (Å²) in [4.78, 5) is 14.6. The third kappa shape index (κ3) is 16.2. The third-order valence-electron chi connectivity index (χ3n) is 10.2. The third-order valence-corrected chi connectivity index (χ3v) is 11.1. The van der Waals surface area contributed by atoms with E-state index in [1.807, 2.05) is 25.1 Å². The first-order valence-corrected chi connectivity index (χ1v) is 21.9. The molecule has 1 fully saturated rings. The monoisotopic (exact) mass is 787 g/mol. The molecule has 306 valence electrons. The Balaban J connectivity index is 1.14. The van der Waals surface area contributed by atoms with E-state index in [4.69, 9.17) is 29.0 Å².